The zero-order chi connectivity index (χ0) is 18.1. The quantitative estimate of drug-likeness (QED) is 0.557. The summed E-state index contributed by atoms with van der Waals surface area (Å²) < 4.78 is 0. The van der Waals surface area contributed by atoms with Crippen molar-refractivity contribution in [1.29, 1.82) is 0 Å². The fraction of sp³-hybridized carbons (Fsp3) is 0.650. The lowest BCUT2D eigenvalue weighted by molar-refractivity contribution is 0.266. The second-order valence-electron chi connectivity index (χ2n) is 7.07. The van der Waals surface area contributed by atoms with Crippen LogP contribution in [0.2, 0.25) is 0 Å². The molecule has 0 saturated carbocycles. The number of likely N-dealkylation sites (N-methyl/N-ethyl adjacent to an activating group) is 2. The zero-order valence-electron chi connectivity index (χ0n) is 16.3. The second kappa shape index (κ2) is 10.4. The first-order valence-corrected chi connectivity index (χ1v) is 9.53. The van der Waals surface area contributed by atoms with Crippen molar-refractivity contribution in [2.75, 3.05) is 47.3 Å². The Morgan fingerprint density at radius 3 is 2.68 bits per heavy atom. The summed E-state index contributed by atoms with van der Waals surface area (Å²) >= 11 is 0. The molecule has 0 bridgehead atoms. The van der Waals surface area contributed by atoms with Crippen LogP contribution in [0.25, 0.3) is 0 Å². The molecule has 1 aliphatic heterocycles. The van der Waals surface area contributed by atoms with E-state index in [0.29, 0.717) is 12.1 Å². The summed E-state index contributed by atoms with van der Waals surface area (Å²) in [6.07, 6.45) is 3.63. The lowest BCUT2D eigenvalue weighted by Crippen LogP contribution is -2.48. The highest BCUT2D eigenvalue weighted by molar-refractivity contribution is 5.79. The van der Waals surface area contributed by atoms with Gasteiger partial charge in [0.25, 0.3) is 0 Å². The van der Waals surface area contributed by atoms with Crippen LogP contribution in [-0.4, -0.2) is 75.2 Å². The van der Waals surface area contributed by atoms with Gasteiger partial charge < -0.3 is 15.5 Å². The molecule has 1 heterocycles. The van der Waals surface area contributed by atoms with Gasteiger partial charge >= 0.3 is 0 Å². The summed E-state index contributed by atoms with van der Waals surface area (Å²) in [5, 5.41) is 7.02. The lowest BCUT2D eigenvalue weighted by Gasteiger charge is -2.27. The van der Waals surface area contributed by atoms with Gasteiger partial charge in [-0.15, -0.1) is 0 Å². The topological polar surface area (TPSA) is 42.9 Å². The average Bonchev–Trinajstić information content (AvgIpc) is 3.09. The first-order chi connectivity index (χ1) is 12.1. The summed E-state index contributed by atoms with van der Waals surface area (Å²) in [6, 6.07) is 11.7. The van der Waals surface area contributed by atoms with Gasteiger partial charge in [0.1, 0.15) is 0 Å². The van der Waals surface area contributed by atoms with E-state index in [0.717, 1.165) is 32.0 Å². The summed E-state index contributed by atoms with van der Waals surface area (Å²) in [7, 11) is 6.13. The van der Waals surface area contributed by atoms with Crippen molar-refractivity contribution in [1.82, 2.24) is 20.4 Å². The molecule has 140 valence electrons. The van der Waals surface area contributed by atoms with Gasteiger partial charge in [-0.1, -0.05) is 37.3 Å². The molecule has 0 spiro atoms. The van der Waals surface area contributed by atoms with Crippen LogP contribution < -0.4 is 10.6 Å². The Morgan fingerprint density at radius 2 is 2.04 bits per heavy atom. The Bertz CT molecular complexity index is 514. The fourth-order valence-electron chi connectivity index (χ4n) is 3.52. The van der Waals surface area contributed by atoms with E-state index in [-0.39, 0.29) is 0 Å². The predicted octanol–water partition coefficient (Wildman–Crippen LogP) is 1.81. The predicted molar refractivity (Wildman–Crippen MR) is 107 cm³/mol. The lowest BCUT2D eigenvalue weighted by atomic mass is 10.1. The minimum atomic E-state index is 0.430. The van der Waals surface area contributed by atoms with E-state index < -0.39 is 0 Å². The van der Waals surface area contributed by atoms with Crippen LogP contribution in [0, 0.1) is 0 Å². The molecule has 1 saturated heterocycles. The maximum absolute atomic E-state index is 4.40. The van der Waals surface area contributed by atoms with E-state index in [1.165, 1.54) is 24.9 Å². The van der Waals surface area contributed by atoms with Crippen LogP contribution in [0.15, 0.2) is 35.3 Å². The molecule has 0 radical (unpaired) electrons. The Labute approximate surface area is 153 Å². The third-order valence-electron chi connectivity index (χ3n) is 5.18. The monoisotopic (exact) mass is 345 g/mol. The molecule has 5 nitrogen and oxygen atoms in total. The van der Waals surface area contributed by atoms with Crippen LogP contribution in [0.5, 0.6) is 0 Å². The highest BCUT2D eigenvalue weighted by Crippen LogP contribution is 2.15. The number of benzene rings is 1. The molecule has 1 fully saturated rings. The summed E-state index contributed by atoms with van der Waals surface area (Å²) in [5.74, 6) is 0.905. The number of guanidine groups is 1. The standard InChI is InChI=1S/C20H35N5/c1-5-25-13-9-12-18(25)15-22-20(21-2)23-16-19(24(3)4)14-17-10-7-6-8-11-17/h6-8,10-11,18-19H,5,9,12-16H2,1-4H3,(H2,21,22,23). The Kier molecular flexibility index (Phi) is 8.22. The van der Waals surface area contributed by atoms with Crippen LogP contribution in [0.3, 0.4) is 0 Å². The highest BCUT2D eigenvalue weighted by atomic mass is 15.2. The van der Waals surface area contributed by atoms with Gasteiger partial charge in [-0.2, -0.15) is 0 Å². The van der Waals surface area contributed by atoms with Gasteiger partial charge in [0.15, 0.2) is 5.96 Å². The van der Waals surface area contributed by atoms with Crippen LogP contribution in [0.4, 0.5) is 0 Å². The Morgan fingerprint density at radius 1 is 1.28 bits per heavy atom. The van der Waals surface area contributed by atoms with Crippen molar-refractivity contribution in [3.63, 3.8) is 0 Å². The van der Waals surface area contributed by atoms with Gasteiger partial charge in [-0.3, -0.25) is 9.89 Å². The van der Waals surface area contributed by atoms with Crippen molar-refractivity contribution in [2.45, 2.75) is 38.3 Å². The molecule has 5 heteroatoms. The fourth-order valence-corrected chi connectivity index (χ4v) is 3.52. The van der Waals surface area contributed by atoms with E-state index in [9.17, 15) is 0 Å². The molecule has 25 heavy (non-hydrogen) atoms. The molecular formula is C20H35N5. The van der Waals surface area contributed by atoms with Gasteiger partial charge in [-0.25, -0.2) is 0 Å². The summed E-state index contributed by atoms with van der Waals surface area (Å²) in [6.45, 7) is 6.46. The Hall–Kier alpha value is -1.59. The van der Waals surface area contributed by atoms with E-state index in [4.69, 9.17) is 0 Å². The van der Waals surface area contributed by atoms with E-state index in [1.807, 2.05) is 7.05 Å². The third-order valence-corrected chi connectivity index (χ3v) is 5.18. The van der Waals surface area contributed by atoms with Crippen molar-refractivity contribution < 1.29 is 0 Å². The van der Waals surface area contributed by atoms with Crippen molar-refractivity contribution in [2.24, 2.45) is 4.99 Å². The van der Waals surface area contributed by atoms with Gasteiger partial charge in [0.05, 0.1) is 0 Å². The number of hydrogen-bond acceptors (Lipinski definition) is 3. The van der Waals surface area contributed by atoms with E-state index in [2.05, 4.69) is 76.8 Å². The molecule has 1 aliphatic rings. The maximum Gasteiger partial charge on any atom is 0.191 e. The molecule has 2 unspecified atom stereocenters. The minimum Gasteiger partial charge on any atom is -0.355 e. The van der Waals surface area contributed by atoms with Crippen molar-refractivity contribution in [3.8, 4) is 0 Å². The van der Waals surface area contributed by atoms with Crippen LogP contribution in [-0.2, 0) is 6.42 Å². The molecule has 0 amide bonds. The highest BCUT2D eigenvalue weighted by Gasteiger charge is 2.23. The third kappa shape index (κ3) is 6.33. The van der Waals surface area contributed by atoms with Crippen molar-refractivity contribution >= 4 is 5.96 Å². The molecule has 2 rings (SSSR count). The molecule has 1 aromatic rings. The van der Waals surface area contributed by atoms with Crippen LogP contribution >= 0.6 is 0 Å². The molecule has 0 aliphatic carbocycles. The van der Waals surface area contributed by atoms with Gasteiger partial charge in [0.2, 0.25) is 0 Å². The van der Waals surface area contributed by atoms with Crippen molar-refractivity contribution in [3.05, 3.63) is 35.9 Å². The molecule has 2 N–H and O–H groups in total. The molecule has 2 atom stereocenters. The normalized spacial score (nSPS) is 20.0. The number of aliphatic imine (C=N–C) groups is 1. The van der Waals surface area contributed by atoms with Crippen LogP contribution in [0.1, 0.15) is 25.3 Å². The first-order valence-electron chi connectivity index (χ1n) is 9.53. The first kappa shape index (κ1) is 19.7. The molecule has 0 aromatic heterocycles. The average molecular weight is 346 g/mol. The SMILES string of the molecule is CCN1CCCC1CNC(=NC)NCC(Cc1ccccc1)N(C)C. The van der Waals surface area contributed by atoms with Gasteiger partial charge in [-0.05, 0) is 52.0 Å². The zero-order valence-corrected chi connectivity index (χ0v) is 16.3. The number of rotatable bonds is 8. The smallest absolute Gasteiger partial charge is 0.191 e. The number of hydrogen-bond donors (Lipinski definition) is 2. The number of nitrogens with one attached hydrogen (secondary N) is 2. The number of likely N-dealkylation sites (tertiary alicyclic amines) is 1. The maximum atomic E-state index is 4.40. The number of nitrogens with zero attached hydrogens (tertiary/aromatic N) is 3. The summed E-state index contributed by atoms with van der Waals surface area (Å²) in [5.41, 5.74) is 1.37. The second-order valence-corrected chi connectivity index (χ2v) is 7.07. The Balaban J connectivity index is 1.81. The minimum absolute atomic E-state index is 0.430. The largest absolute Gasteiger partial charge is 0.355 e. The summed E-state index contributed by atoms with van der Waals surface area (Å²) in [4.78, 5) is 9.23. The molecular weight excluding hydrogens is 310 g/mol. The van der Waals surface area contributed by atoms with E-state index >= 15 is 0 Å². The molecule has 1 aromatic carbocycles. The van der Waals surface area contributed by atoms with Gasteiger partial charge in [0, 0.05) is 32.2 Å². The van der Waals surface area contributed by atoms with E-state index in [1.54, 1.807) is 0 Å².